The molecule has 4 nitrogen and oxygen atoms in total. The highest BCUT2D eigenvalue weighted by Gasteiger charge is 2.38. The third-order valence-electron chi connectivity index (χ3n) is 4.07. The van der Waals surface area contributed by atoms with Gasteiger partial charge in [0, 0.05) is 6.04 Å². The van der Waals surface area contributed by atoms with Crippen molar-refractivity contribution in [2.24, 2.45) is 5.92 Å². The van der Waals surface area contributed by atoms with E-state index in [1.165, 1.54) is 5.56 Å². The van der Waals surface area contributed by atoms with E-state index in [1.54, 1.807) is 4.90 Å². The number of carbonyl (C=O) groups is 2. The van der Waals surface area contributed by atoms with E-state index in [4.69, 9.17) is 0 Å². The molecule has 2 unspecified atom stereocenters. The van der Waals surface area contributed by atoms with Crippen LogP contribution in [0.5, 0.6) is 0 Å². The Morgan fingerprint density at radius 2 is 1.86 bits per heavy atom. The zero-order valence-electron chi connectivity index (χ0n) is 13.0. The highest BCUT2D eigenvalue weighted by molar-refractivity contribution is 5.95. The van der Waals surface area contributed by atoms with E-state index in [-0.39, 0.29) is 36.4 Å². The number of benzene rings is 1. The molecule has 1 heterocycles. The standard InChI is InChI=1S/C17H24N2O2/c1-12(2)16-17(21)18-11-15(20)19(16)13(3)9-10-14-7-5-4-6-8-14/h4-8,12-13,16H,9-11H2,1-3H3,(H,18,21). The minimum Gasteiger partial charge on any atom is -0.345 e. The third-order valence-corrected chi connectivity index (χ3v) is 4.07. The number of piperazine rings is 1. The maximum absolute atomic E-state index is 12.2. The molecule has 1 N–H and O–H groups in total. The quantitative estimate of drug-likeness (QED) is 0.901. The van der Waals surface area contributed by atoms with Crippen LogP contribution in [-0.4, -0.2) is 35.3 Å². The number of hydrogen-bond acceptors (Lipinski definition) is 2. The van der Waals surface area contributed by atoms with E-state index in [0.717, 1.165) is 12.8 Å². The lowest BCUT2D eigenvalue weighted by Gasteiger charge is -2.41. The number of amides is 2. The Morgan fingerprint density at radius 1 is 1.19 bits per heavy atom. The molecule has 2 atom stereocenters. The molecule has 1 aliphatic heterocycles. The molecule has 0 aromatic heterocycles. The van der Waals surface area contributed by atoms with E-state index >= 15 is 0 Å². The van der Waals surface area contributed by atoms with Crippen LogP contribution in [0, 0.1) is 5.92 Å². The van der Waals surface area contributed by atoms with Crippen LogP contribution in [0.2, 0.25) is 0 Å². The molecule has 2 rings (SSSR count). The van der Waals surface area contributed by atoms with Gasteiger partial charge in [-0.25, -0.2) is 0 Å². The van der Waals surface area contributed by atoms with Gasteiger partial charge in [0.05, 0.1) is 6.54 Å². The van der Waals surface area contributed by atoms with Crippen molar-refractivity contribution in [3.63, 3.8) is 0 Å². The van der Waals surface area contributed by atoms with Crippen molar-refractivity contribution in [2.75, 3.05) is 6.54 Å². The smallest absolute Gasteiger partial charge is 0.243 e. The summed E-state index contributed by atoms with van der Waals surface area (Å²) in [6.45, 7) is 6.13. The fourth-order valence-corrected chi connectivity index (χ4v) is 2.94. The summed E-state index contributed by atoms with van der Waals surface area (Å²) in [6.07, 6.45) is 1.78. The highest BCUT2D eigenvalue weighted by Crippen LogP contribution is 2.20. The SMILES string of the molecule is CC(C)C1C(=O)NCC(=O)N1C(C)CCc1ccccc1. The summed E-state index contributed by atoms with van der Waals surface area (Å²) in [5.74, 6) is 0.110. The predicted octanol–water partition coefficient (Wildman–Crippen LogP) is 1.99. The van der Waals surface area contributed by atoms with Crippen LogP contribution in [-0.2, 0) is 16.0 Å². The molecule has 0 bridgehead atoms. The van der Waals surface area contributed by atoms with Gasteiger partial charge >= 0.3 is 0 Å². The van der Waals surface area contributed by atoms with Gasteiger partial charge in [-0.3, -0.25) is 9.59 Å². The molecule has 0 aliphatic carbocycles. The zero-order valence-corrected chi connectivity index (χ0v) is 13.0. The van der Waals surface area contributed by atoms with Crippen molar-refractivity contribution < 1.29 is 9.59 Å². The number of hydrogen-bond donors (Lipinski definition) is 1. The lowest BCUT2D eigenvalue weighted by atomic mass is 9.95. The molecule has 1 aromatic rings. The van der Waals surface area contributed by atoms with Crippen molar-refractivity contribution in [3.05, 3.63) is 35.9 Å². The molecule has 1 saturated heterocycles. The molecule has 0 saturated carbocycles. The Bertz CT molecular complexity index is 499. The predicted molar refractivity (Wildman–Crippen MR) is 82.7 cm³/mol. The van der Waals surface area contributed by atoms with Crippen molar-refractivity contribution in [1.29, 1.82) is 0 Å². The third kappa shape index (κ3) is 3.63. The molecular weight excluding hydrogens is 264 g/mol. The molecule has 21 heavy (non-hydrogen) atoms. The van der Waals surface area contributed by atoms with Gasteiger partial charge in [-0.15, -0.1) is 0 Å². The van der Waals surface area contributed by atoms with E-state index in [2.05, 4.69) is 17.4 Å². The molecular formula is C17H24N2O2. The highest BCUT2D eigenvalue weighted by atomic mass is 16.2. The first-order valence-corrected chi connectivity index (χ1v) is 7.63. The minimum absolute atomic E-state index is 0.0221. The first kappa shape index (κ1) is 15.5. The fourth-order valence-electron chi connectivity index (χ4n) is 2.94. The van der Waals surface area contributed by atoms with Crippen LogP contribution >= 0.6 is 0 Å². The second-order valence-electron chi connectivity index (χ2n) is 6.08. The number of rotatable bonds is 5. The number of nitrogens with zero attached hydrogens (tertiary/aromatic N) is 1. The van der Waals surface area contributed by atoms with Gasteiger partial charge in [-0.1, -0.05) is 44.2 Å². The minimum atomic E-state index is -0.350. The van der Waals surface area contributed by atoms with Gasteiger partial charge < -0.3 is 10.2 Å². The fraction of sp³-hybridized carbons (Fsp3) is 0.529. The van der Waals surface area contributed by atoms with Gasteiger partial charge in [-0.2, -0.15) is 0 Å². The summed E-state index contributed by atoms with van der Waals surface area (Å²) in [6, 6.07) is 9.95. The van der Waals surface area contributed by atoms with Crippen molar-refractivity contribution in [1.82, 2.24) is 10.2 Å². The van der Waals surface area contributed by atoms with Crippen LogP contribution in [0.1, 0.15) is 32.8 Å². The van der Waals surface area contributed by atoms with E-state index < -0.39 is 0 Å². The van der Waals surface area contributed by atoms with E-state index in [9.17, 15) is 9.59 Å². The van der Waals surface area contributed by atoms with Crippen molar-refractivity contribution in [3.8, 4) is 0 Å². The average Bonchev–Trinajstić information content (AvgIpc) is 2.47. The van der Waals surface area contributed by atoms with E-state index in [0.29, 0.717) is 0 Å². The summed E-state index contributed by atoms with van der Waals surface area (Å²) >= 11 is 0. The van der Waals surface area contributed by atoms with Crippen LogP contribution in [0.4, 0.5) is 0 Å². The van der Waals surface area contributed by atoms with Gasteiger partial charge in [0.1, 0.15) is 6.04 Å². The normalized spacial score (nSPS) is 20.6. The number of carbonyl (C=O) groups excluding carboxylic acids is 2. The Labute approximate surface area is 126 Å². The summed E-state index contributed by atoms with van der Waals surface area (Å²) < 4.78 is 0. The van der Waals surface area contributed by atoms with Gasteiger partial charge in [0.25, 0.3) is 0 Å². The first-order valence-electron chi connectivity index (χ1n) is 7.63. The summed E-state index contributed by atoms with van der Waals surface area (Å²) in [4.78, 5) is 26.1. The summed E-state index contributed by atoms with van der Waals surface area (Å²) in [5, 5.41) is 2.69. The molecule has 0 radical (unpaired) electrons. The number of nitrogens with one attached hydrogen (secondary N) is 1. The van der Waals surface area contributed by atoms with Crippen LogP contribution < -0.4 is 5.32 Å². The molecule has 1 aromatic carbocycles. The van der Waals surface area contributed by atoms with Crippen LogP contribution in [0.25, 0.3) is 0 Å². The van der Waals surface area contributed by atoms with Crippen molar-refractivity contribution in [2.45, 2.75) is 45.7 Å². The maximum Gasteiger partial charge on any atom is 0.243 e. The lowest BCUT2D eigenvalue weighted by Crippen LogP contribution is -2.62. The zero-order chi connectivity index (χ0) is 15.4. The summed E-state index contributed by atoms with van der Waals surface area (Å²) in [7, 11) is 0. The first-order chi connectivity index (χ1) is 10.0. The van der Waals surface area contributed by atoms with Crippen LogP contribution in [0.3, 0.4) is 0 Å². The van der Waals surface area contributed by atoms with E-state index in [1.807, 2.05) is 39.0 Å². The topological polar surface area (TPSA) is 49.4 Å². The summed E-state index contributed by atoms with van der Waals surface area (Å²) in [5.41, 5.74) is 1.26. The van der Waals surface area contributed by atoms with Gasteiger partial charge in [-0.05, 0) is 31.2 Å². The Kier molecular flexibility index (Phi) is 4.99. The second kappa shape index (κ2) is 6.74. The second-order valence-corrected chi connectivity index (χ2v) is 6.08. The van der Waals surface area contributed by atoms with Gasteiger partial charge in [0.15, 0.2) is 0 Å². The Morgan fingerprint density at radius 3 is 2.48 bits per heavy atom. The van der Waals surface area contributed by atoms with Crippen LogP contribution in [0.15, 0.2) is 30.3 Å². The molecule has 2 amide bonds. The molecule has 4 heteroatoms. The molecule has 0 spiro atoms. The largest absolute Gasteiger partial charge is 0.345 e. The molecule has 1 aliphatic rings. The molecule has 114 valence electrons. The Balaban J connectivity index is 2.05. The monoisotopic (exact) mass is 288 g/mol. The maximum atomic E-state index is 12.2. The van der Waals surface area contributed by atoms with Gasteiger partial charge in [0.2, 0.25) is 11.8 Å². The molecule has 1 fully saturated rings. The number of aryl methyl sites for hydroxylation is 1. The van der Waals surface area contributed by atoms with Crippen molar-refractivity contribution >= 4 is 11.8 Å². The Hall–Kier alpha value is -1.84. The lowest BCUT2D eigenvalue weighted by molar-refractivity contribution is -0.150. The average molecular weight is 288 g/mol.